The van der Waals surface area contributed by atoms with Crippen LogP contribution in [-0.2, 0) is 6.18 Å². The number of amides is 1. The van der Waals surface area contributed by atoms with Gasteiger partial charge in [-0.05, 0) is 79.8 Å². The number of nitrogens with one attached hydrogen (secondary N) is 1. The summed E-state index contributed by atoms with van der Waals surface area (Å²) in [4.78, 5) is 14.7. The van der Waals surface area contributed by atoms with E-state index in [9.17, 15) is 18.0 Å². The Kier molecular flexibility index (Phi) is 8.11. The van der Waals surface area contributed by atoms with Gasteiger partial charge in [0.1, 0.15) is 0 Å². The van der Waals surface area contributed by atoms with Crippen molar-refractivity contribution < 1.29 is 18.0 Å². The molecule has 0 fully saturated rings. The first kappa shape index (κ1) is 27.0. The summed E-state index contributed by atoms with van der Waals surface area (Å²) in [6.07, 6.45) is -4.63. The van der Waals surface area contributed by atoms with Crippen LogP contribution in [0.25, 0.3) is 28.2 Å². The summed E-state index contributed by atoms with van der Waals surface area (Å²) >= 11 is 9.38. The first-order chi connectivity index (χ1) is 17.5. The molecule has 4 aromatic rings. The van der Waals surface area contributed by atoms with Gasteiger partial charge >= 0.3 is 6.18 Å². The van der Waals surface area contributed by atoms with E-state index in [4.69, 9.17) is 11.6 Å². The van der Waals surface area contributed by atoms with Crippen LogP contribution in [0.1, 0.15) is 15.9 Å². The van der Waals surface area contributed by atoms with E-state index in [0.717, 1.165) is 16.1 Å². The molecular formula is C28H24BrClF3N3O. The fourth-order valence-electron chi connectivity index (χ4n) is 4.01. The molecule has 1 N–H and O–H groups in total. The Labute approximate surface area is 226 Å². The monoisotopic (exact) mass is 589 g/mol. The summed E-state index contributed by atoms with van der Waals surface area (Å²) in [6.45, 7) is 1.15. The van der Waals surface area contributed by atoms with Crippen LogP contribution in [0.2, 0.25) is 5.02 Å². The topological polar surface area (TPSA) is 37.3 Å². The number of halogens is 5. The molecule has 0 unspecified atom stereocenters. The predicted molar refractivity (Wildman–Crippen MR) is 145 cm³/mol. The van der Waals surface area contributed by atoms with E-state index in [0.29, 0.717) is 35.6 Å². The van der Waals surface area contributed by atoms with Gasteiger partial charge in [-0.25, -0.2) is 0 Å². The van der Waals surface area contributed by atoms with E-state index in [2.05, 4.69) is 21.2 Å². The van der Waals surface area contributed by atoms with E-state index >= 15 is 0 Å². The normalized spacial score (nSPS) is 11.7. The lowest BCUT2D eigenvalue weighted by Gasteiger charge is -2.20. The molecule has 1 aromatic heterocycles. The summed E-state index contributed by atoms with van der Waals surface area (Å²) in [6, 6.07) is 21.5. The SMILES string of the molecule is CN(C)CCNC(=O)c1cccc(-c2ccc(-c3ccc(Br)cc3)n2-c2ccc(Cl)cc2C(F)(F)F)c1. The molecule has 3 aromatic carbocycles. The van der Waals surface area contributed by atoms with Crippen molar-refractivity contribution in [3.05, 3.63) is 99.5 Å². The molecule has 4 nitrogen and oxygen atoms in total. The second-order valence-electron chi connectivity index (χ2n) is 8.75. The number of aromatic nitrogens is 1. The average Bonchev–Trinajstić information content (AvgIpc) is 3.29. The van der Waals surface area contributed by atoms with Crippen LogP contribution in [0, 0.1) is 0 Å². The standard InChI is InChI=1S/C28H24BrClF3N3O/c1-35(2)15-14-34-27(37)20-5-3-4-19(16-20)25-13-12-24(18-6-8-21(29)9-7-18)36(25)26-11-10-22(30)17-23(26)28(31,32)33/h3-13,16-17H,14-15H2,1-2H3,(H,34,37). The summed E-state index contributed by atoms with van der Waals surface area (Å²) in [5.41, 5.74) is 1.91. The van der Waals surface area contributed by atoms with E-state index in [1.807, 2.05) is 43.3 Å². The molecule has 1 amide bonds. The van der Waals surface area contributed by atoms with Crippen molar-refractivity contribution in [2.45, 2.75) is 6.18 Å². The summed E-state index contributed by atoms with van der Waals surface area (Å²) in [5, 5.41) is 2.86. The fraction of sp³-hybridized carbons (Fsp3) is 0.179. The molecule has 0 bridgehead atoms. The first-order valence-corrected chi connectivity index (χ1v) is 12.6. The van der Waals surface area contributed by atoms with Gasteiger partial charge in [0.25, 0.3) is 5.91 Å². The zero-order chi connectivity index (χ0) is 26.7. The molecule has 0 atom stereocenters. The highest BCUT2D eigenvalue weighted by Gasteiger charge is 2.35. The number of carbonyl (C=O) groups is 1. The van der Waals surface area contributed by atoms with Crippen molar-refractivity contribution in [2.24, 2.45) is 0 Å². The Hall–Kier alpha value is -3.07. The summed E-state index contributed by atoms with van der Waals surface area (Å²) in [5.74, 6) is -0.252. The first-order valence-electron chi connectivity index (χ1n) is 11.4. The zero-order valence-corrected chi connectivity index (χ0v) is 22.5. The highest BCUT2D eigenvalue weighted by molar-refractivity contribution is 9.10. The van der Waals surface area contributed by atoms with Gasteiger partial charge in [-0.3, -0.25) is 4.79 Å². The van der Waals surface area contributed by atoms with Gasteiger partial charge in [0.2, 0.25) is 0 Å². The quantitative estimate of drug-likeness (QED) is 0.242. The lowest BCUT2D eigenvalue weighted by atomic mass is 10.1. The van der Waals surface area contributed by atoms with E-state index in [1.54, 1.807) is 41.0 Å². The fourth-order valence-corrected chi connectivity index (χ4v) is 4.45. The van der Waals surface area contributed by atoms with Gasteiger partial charge in [-0.15, -0.1) is 0 Å². The number of hydrogen-bond acceptors (Lipinski definition) is 2. The van der Waals surface area contributed by atoms with Crippen molar-refractivity contribution in [1.82, 2.24) is 14.8 Å². The Bertz CT molecular complexity index is 1420. The van der Waals surface area contributed by atoms with Gasteiger partial charge < -0.3 is 14.8 Å². The third kappa shape index (κ3) is 6.26. The van der Waals surface area contributed by atoms with Gasteiger partial charge in [-0.2, -0.15) is 13.2 Å². The molecular weight excluding hydrogens is 567 g/mol. The maximum atomic E-state index is 14.2. The summed E-state index contributed by atoms with van der Waals surface area (Å²) < 4.78 is 44.9. The van der Waals surface area contributed by atoms with Crippen LogP contribution in [0.3, 0.4) is 0 Å². The highest BCUT2D eigenvalue weighted by atomic mass is 79.9. The number of likely N-dealkylation sites (N-methyl/N-ethyl adjacent to an activating group) is 1. The van der Waals surface area contributed by atoms with Gasteiger partial charge in [0, 0.05) is 28.1 Å². The molecule has 0 spiro atoms. The minimum atomic E-state index is -4.63. The van der Waals surface area contributed by atoms with Crippen molar-refractivity contribution in [3.8, 4) is 28.2 Å². The van der Waals surface area contributed by atoms with E-state index in [-0.39, 0.29) is 16.6 Å². The maximum Gasteiger partial charge on any atom is 0.418 e. The van der Waals surface area contributed by atoms with E-state index in [1.165, 1.54) is 12.1 Å². The molecule has 0 aliphatic carbocycles. The predicted octanol–water partition coefficient (Wildman–Crippen LogP) is 7.54. The van der Waals surface area contributed by atoms with Crippen LogP contribution < -0.4 is 5.32 Å². The second kappa shape index (κ2) is 11.1. The molecule has 192 valence electrons. The molecule has 4 rings (SSSR count). The molecule has 0 radical (unpaired) electrons. The summed E-state index contributed by atoms with van der Waals surface area (Å²) in [7, 11) is 3.83. The zero-order valence-electron chi connectivity index (χ0n) is 20.1. The Morgan fingerprint density at radius 2 is 1.62 bits per heavy atom. The van der Waals surface area contributed by atoms with Crippen molar-refractivity contribution in [1.29, 1.82) is 0 Å². The number of benzene rings is 3. The largest absolute Gasteiger partial charge is 0.418 e. The van der Waals surface area contributed by atoms with E-state index < -0.39 is 11.7 Å². The molecule has 0 aliphatic heterocycles. The van der Waals surface area contributed by atoms with Gasteiger partial charge in [-0.1, -0.05) is 51.8 Å². The molecule has 37 heavy (non-hydrogen) atoms. The molecule has 1 heterocycles. The number of carbonyl (C=O) groups excluding carboxylic acids is 1. The molecule has 0 aliphatic rings. The second-order valence-corrected chi connectivity index (χ2v) is 10.1. The Balaban J connectivity index is 1.87. The number of alkyl halides is 3. The third-order valence-electron chi connectivity index (χ3n) is 5.79. The molecule has 9 heteroatoms. The number of rotatable bonds is 7. The van der Waals surface area contributed by atoms with Crippen LogP contribution in [0.4, 0.5) is 13.2 Å². The Morgan fingerprint density at radius 1 is 0.946 bits per heavy atom. The molecule has 0 saturated carbocycles. The van der Waals surface area contributed by atoms with Crippen molar-refractivity contribution in [3.63, 3.8) is 0 Å². The van der Waals surface area contributed by atoms with Crippen molar-refractivity contribution in [2.75, 3.05) is 27.2 Å². The third-order valence-corrected chi connectivity index (χ3v) is 6.55. The Morgan fingerprint density at radius 3 is 2.27 bits per heavy atom. The molecule has 0 saturated heterocycles. The lowest BCUT2D eigenvalue weighted by molar-refractivity contribution is -0.137. The van der Waals surface area contributed by atoms with Gasteiger partial charge in [0.15, 0.2) is 0 Å². The van der Waals surface area contributed by atoms with Crippen LogP contribution in [-0.4, -0.2) is 42.6 Å². The van der Waals surface area contributed by atoms with Crippen LogP contribution >= 0.6 is 27.5 Å². The smallest absolute Gasteiger partial charge is 0.351 e. The van der Waals surface area contributed by atoms with Crippen LogP contribution in [0.15, 0.2) is 83.3 Å². The number of hydrogen-bond donors (Lipinski definition) is 1. The minimum Gasteiger partial charge on any atom is -0.351 e. The maximum absolute atomic E-state index is 14.2. The van der Waals surface area contributed by atoms with Crippen LogP contribution in [0.5, 0.6) is 0 Å². The van der Waals surface area contributed by atoms with Gasteiger partial charge in [0.05, 0.1) is 22.6 Å². The minimum absolute atomic E-state index is 0.00800. The lowest BCUT2D eigenvalue weighted by Crippen LogP contribution is -2.31. The average molecular weight is 591 g/mol. The highest BCUT2D eigenvalue weighted by Crippen LogP contribution is 2.40. The number of nitrogens with zero attached hydrogens (tertiary/aromatic N) is 2. The van der Waals surface area contributed by atoms with Crippen molar-refractivity contribution >= 4 is 33.4 Å².